The minimum atomic E-state index is -0.697. The van der Waals surface area contributed by atoms with E-state index in [1.54, 1.807) is 49.2 Å². The maximum atomic E-state index is 12.4. The van der Waals surface area contributed by atoms with Crippen LogP contribution in [0.1, 0.15) is 6.92 Å². The largest absolute Gasteiger partial charge is 0.486 e. The summed E-state index contributed by atoms with van der Waals surface area (Å²) >= 11 is 0. The molecule has 3 rings (SSSR count). The van der Waals surface area contributed by atoms with Gasteiger partial charge in [-0.25, -0.2) is 4.79 Å². The molecule has 1 heterocycles. The fraction of sp³-hybridized carbons (Fsp3) is 0.286. The van der Waals surface area contributed by atoms with E-state index in [4.69, 9.17) is 9.47 Å². The third-order valence-corrected chi connectivity index (χ3v) is 4.53. The Balaban J connectivity index is 1.48. The highest BCUT2D eigenvalue weighted by Gasteiger charge is 2.22. The Kier molecular flexibility index (Phi) is 6.87. The van der Waals surface area contributed by atoms with E-state index in [0.29, 0.717) is 36.1 Å². The molecule has 0 saturated carbocycles. The topological polar surface area (TPSA) is 109 Å². The number of urea groups is 1. The fourth-order valence-electron chi connectivity index (χ4n) is 2.79. The Morgan fingerprint density at radius 3 is 2.40 bits per heavy atom. The number of rotatable bonds is 6. The highest BCUT2D eigenvalue weighted by atomic mass is 16.6. The number of amides is 4. The molecule has 9 nitrogen and oxygen atoms in total. The summed E-state index contributed by atoms with van der Waals surface area (Å²) in [7, 11) is 1.63. The molecule has 0 saturated heterocycles. The SMILES string of the molecule is CC(C(=O)NC(=O)Nc1ccc2c(c1)OCCO2)N(C)CC(=O)Nc1ccccc1. The van der Waals surface area contributed by atoms with Crippen molar-refractivity contribution in [2.75, 3.05) is 37.4 Å². The van der Waals surface area contributed by atoms with Crippen LogP contribution in [0.2, 0.25) is 0 Å². The van der Waals surface area contributed by atoms with Crippen LogP contribution in [0.25, 0.3) is 0 Å². The second-order valence-corrected chi connectivity index (χ2v) is 6.81. The molecule has 158 valence electrons. The van der Waals surface area contributed by atoms with Crippen molar-refractivity contribution in [1.29, 1.82) is 0 Å². The van der Waals surface area contributed by atoms with Gasteiger partial charge in [-0.15, -0.1) is 0 Å². The number of nitrogens with one attached hydrogen (secondary N) is 3. The van der Waals surface area contributed by atoms with Crippen molar-refractivity contribution in [3.63, 3.8) is 0 Å². The Bertz CT molecular complexity index is 919. The van der Waals surface area contributed by atoms with E-state index in [-0.39, 0.29) is 12.5 Å². The van der Waals surface area contributed by atoms with Gasteiger partial charge >= 0.3 is 6.03 Å². The Morgan fingerprint density at radius 1 is 0.967 bits per heavy atom. The summed E-state index contributed by atoms with van der Waals surface area (Å²) in [5.74, 6) is 0.347. The fourth-order valence-corrected chi connectivity index (χ4v) is 2.79. The van der Waals surface area contributed by atoms with Crippen LogP contribution >= 0.6 is 0 Å². The number of anilines is 2. The van der Waals surface area contributed by atoms with Crippen molar-refractivity contribution in [2.45, 2.75) is 13.0 Å². The number of hydrogen-bond acceptors (Lipinski definition) is 6. The number of likely N-dealkylation sites (N-methyl/N-ethyl adjacent to an activating group) is 1. The minimum Gasteiger partial charge on any atom is -0.486 e. The summed E-state index contributed by atoms with van der Waals surface area (Å²) < 4.78 is 10.9. The first kappa shape index (κ1) is 21.1. The van der Waals surface area contributed by atoms with Gasteiger partial charge in [-0.1, -0.05) is 18.2 Å². The predicted molar refractivity (Wildman–Crippen MR) is 112 cm³/mol. The number of para-hydroxylation sites is 1. The average molecular weight is 412 g/mol. The van der Waals surface area contributed by atoms with Crippen LogP contribution in [-0.2, 0) is 9.59 Å². The number of benzene rings is 2. The molecule has 0 bridgehead atoms. The van der Waals surface area contributed by atoms with Gasteiger partial charge in [0.25, 0.3) is 0 Å². The van der Waals surface area contributed by atoms with Gasteiger partial charge in [-0.2, -0.15) is 0 Å². The van der Waals surface area contributed by atoms with Crippen LogP contribution in [0.4, 0.5) is 16.2 Å². The van der Waals surface area contributed by atoms with Gasteiger partial charge in [0.2, 0.25) is 11.8 Å². The molecule has 1 unspecified atom stereocenters. The second kappa shape index (κ2) is 9.75. The van der Waals surface area contributed by atoms with Gasteiger partial charge in [0.05, 0.1) is 12.6 Å². The molecule has 3 N–H and O–H groups in total. The predicted octanol–water partition coefficient (Wildman–Crippen LogP) is 2.06. The first-order valence-electron chi connectivity index (χ1n) is 9.49. The molecule has 9 heteroatoms. The smallest absolute Gasteiger partial charge is 0.325 e. The number of ether oxygens (including phenoxy) is 2. The van der Waals surface area contributed by atoms with Crippen molar-refractivity contribution in [3.8, 4) is 11.5 Å². The zero-order valence-electron chi connectivity index (χ0n) is 16.8. The van der Waals surface area contributed by atoms with E-state index in [2.05, 4.69) is 16.0 Å². The van der Waals surface area contributed by atoms with Gasteiger partial charge in [0.15, 0.2) is 11.5 Å². The van der Waals surface area contributed by atoms with E-state index in [9.17, 15) is 14.4 Å². The highest BCUT2D eigenvalue weighted by Crippen LogP contribution is 2.32. The van der Waals surface area contributed by atoms with Crippen LogP contribution in [0, 0.1) is 0 Å². The molecule has 1 atom stereocenters. The van der Waals surface area contributed by atoms with Crippen LogP contribution in [0.5, 0.6) is 11.5 Å². The second-order valence-electron chi connectivity index (χ2n) is 6.81. The third-order valence-electron chi connectivity index (χ3n) is 4.53. The lowest BCUT2D eigenvalue weighted by atomic mass is 10.2. The normalized spacial score (nSPS) is 13.3. The molecule has 0 aliphatic carbocycles. The monoisotopic (exact) mass is 412 g/mol. The van der Waals surface area contributed by atoms with Gasteiger partial charge in [0, 0.05) is 17.4 Å². The van der Waals surface area contributed by atoms with Crippen LogP contribution in [0.3, 0.4) is 0 Å². The third kappa shape index (κ3) is 5.71. The average Bonchev–Trinajstić information content (AvgIpc) is 2.73. The molecule has 30 heavy (non-hydrogen) atoms. The maximum Gasteiger partial charge on any atom is 0.325 e. The number of imide groups is 1. The summed E-state index contributed by atoms with van der Waals surface area (Å²) in [5.41, 5.74) is 1.14. The van der Waals surface area contributed by atoms with E-state index < -0.39 is 18.0 Å². The van der Waals surface area contributed by atoms with E-state index >= 15 is 0 Å². The van der Waals surface area contributed by atoms with Crippen LogP contribution < -0.4 is 25.4 Å². The van der Waals surface area contributed by atoms with Crippen LogP contribution in [-0.4, -0.2) is 55.6 Å². The number of carbonyl (C=O) groups excluding carboxylic acids is 3. The number of fused-ring (bicyclic) bond motifs is 1. The number of hydrogen-bond donors (Lipinski definition) is 3. The maximum absolute atomic E-state index is 12.4. The Labute approximate surface area is 174 Å². The van der Waals surface area contributed by atoms with Crippen molar-refractivity contribution in [2.24, 2.45) is 0 Å². The van der Waals surface area contributed by atoms with Gasteiger partial charge < -0.3 is 20.1 Å². The van der Waals surface area contributed by atoms with Crippen molar-refractivity contribution < 1.29 is 23.9 Å². The van der Waals surface area contributed by atoms with Gasteiger partial charge in [-0.05, 0) is 38.2 Å². The summed E-state index contributed by atoms with van der Waals surface area (Å²) in [6.45, 7) is 2.52. The van der Waals surface area contributed by atoms with E-state index in [1.165, 1.54) is 0 Å². The summed E-state index contributed by atoms with van der Waals surface area (Å²) in [5, 5.41) is 7.61. The number of nitrogens with zero attached hydrogens (tertiary/aromatic N) is 1. The number of carbonyl (C=O) groups is 3. The molecular weight excluding hydrogens is 388 g/mol. The molecule has 2 aromatic rings. The molecule has 0 aromatic heterocycles. The summed E-state index contributed by atoms with van der Waals surface area (Å²) in [6.07, 6.45) is 0. The first-order valence-corrected chi connectivity index (χ1v) is 9.49. The summed E-state index contributed by atoms with van der Waals surface area (Å²) in [6, 6.07) is 12.6. The van der Waals surface area contributed by atoms with Crippen LogP contribution in [0.15, 0.2) is 48.5 Å². The summed E-state index contributed by atoms with van der Waals surface area (Å²) in [4.78, 5) is 38.2. The van der Waals surface area contributed by atoms with Crippen molar-refractivity contribution in [1.82, 2.24) is 10.2 Å². The van der Waals surface area contributed by atoms with Crippen molar-refractivity contribution in [3.05, 3.63) is 48.5 Å². The van der Waals surface area contributed by atoms with Crippen molar-refractivity contribution >= 4 is 29.2 Å². The molecule has 0 spiro atoms. The molecule has 2 aromatic carbocycles. The lowest BCUT2D eigenvalue weighted by molar-refractivity contribution is -0.125. The van der Waals surface area contributed by atoms with Gasteiger partial charge in [-0.3, -0.25) is 19.8 Å². The van der Waals surface area contributed by atoms with E-state index in [0.717, 1.165) is 0 Å². The molecule has 0 fully saturated rings. The minimum absolute atomic E-state index is 0.00669. The quantitative estimate of drug-likeness (QED) is 0.670. The molecule has 4 amide bonds. The molecular formula is C21H24N4O5. The van der Waals surface area contributed by atoms with Gasteiger partial charge in [0.1, 0.15) is 13.2 Å². The Hall–Kier alpha value is -3.59. The highest BCUT2D eigenvalue weighted by molar-refractivity contribution is 6.03. The lowest BCUT2D eigenvalue weighted by Gasteiger charge is -2.23. The molecule has 1 aliphatic heterocycles. The molecule has 0 radical (unpaired) electrons. The standard InChI is InChI=1S/C21H24N4O5/c1-14(25(2)13-19(26)22-15-6-4-3-5-7-15)20(27)24-21(28)23-16-8-9-17-18(12-16)30-11-10-29-17/h3-9,12,14H,10-11,13H2,1-2H3,(H,22,26)(H2,23,24,27,28). The van der Waals surface area contributed by atoms with E-state index in [1.807, 2.05) is 18.2 Å². The first-order chi connectivity index (χ1) is 14.4. The lowest BCUT2D eigenvalue weighted by Crippen LogP contribution is -2.48. The zero-order valence-corrected chi connectivity index (χ0v) is 16.8. The Morgan fingerprint density at radius 2 is 1.67 bits per heavy atom. The molecule has 1 aliphatic rings. The zero-order chi connectivity index (χ0) is 21.5.